The molecular weight excluding hydrogens is 324 g/mol. The van der Waals surface area contributed by atoms with E-state index in [-0.39, 0.29) is 12.0 Å². The van der Waals surface area contributed by atoms with Gasteiger partial charge in [-0.1, -0.05) is 56.0 Å². The van der Waals surface area contributed by atoms with Crippen molar-refractivity contribution in [2.75, 3.05) is 27.7 Å². The van der Waals surface area contributed by atoms with Crippen LogP contribution in [-0.4, -0.2) is 55.5 Å². The van der Waals surface area contributed by atoms with Crippen LogP contribution in [0.15, 0.2) is 30.3 Å². The molecule has 1 aromatic carbocycles. The van der Waals surface area contributed by atoms with Crippen LogP contribution in [0.4, 0.5) is 0 Å². The van der Waals surface area contributed by atoms with E-state index in [2.05, 4.69) is 30.9 Å². The van der Waals surface area contributed by atoms with Gasteiger partial charge < -0.3 is 9.64 Å². The van der Waals surface area contributed by atoms with Gasteiger partial charge in [0.2, 0.25) is 0 Å². The monoisotopic (exact) mass is 360 g/mol. The highest BCUT2D eigenvalue weighted by Gasteiger charge is 2.30. The van der Waals surface area contributed by atoms with Gasteiger partial charge in [-0.3, -0.25) is 9.69 Å². The Morgan fingerprint density at radius 1 is 1.08 bits per heavy atom. The first-order chi connectivity index (χ1) is 12.6. The number of carbonyl (C=O) groups excluding carboxylic acids is 1. The Kier molecular flexibility index (Phi) is 9.13. The molecule has 26 heavy (non-hydrogen) atoms. The Bertz CT molecular complexity index is 512. The fourth-order valence-electron chi connectivity index (χ4n) is 3.82. The Morgan fingerprint density at radius 3 is 2.42 bits per heavy atom. The minimum absolute atomic E-state index is 0.0632. The number of rotatable bonds is 10. The van der Waals surface area contributed by atoms with E-state index in [1.54, 1.807) is 0 Å². The van der Waals surface area contributed by atoms with Crippen LogP contribution < -0.4 is 0 Å². The summed E-state index contributed by atoms with van der Waals surface area (Å²) in [6.07, 6.45) is 9.36. The Labute approximate surface area is 159 Å². The molecule has 1 saturated carbocycles. The second-order valence-corrected chi connectivity index (χ2v) is 7.87. The van der Waals surface area contributed by atoms with Gasteiger partial charge in [0.25, 0.3) is 0 Å². The number of hydrogen-bond donors (Lipinski definition) is 0. The summed E-state index contributed by atoms with van der Waals surface area (Å²) in [5.41, 5.74) is 1.05. The van der Waals surface area contributed by atoms with Crippen LogP contribution in [0.25, 0.3) is 0 Å². The number of ether oxygens (including phenoxy) is 1. The molecule has 0 heterocycles. The van der Waals surface area contributed by atoms with Crippen molar-refractivity contribution in [2.24, 2.45) is 0 Å². The summed E-state index contributed by atoms with van der Waals surface area (Å²) in [6.45, 7) is 1.44. The predicted molar refractivity (Wildman–Crippen MR) is 107 cm³/mol. The minimum Gasteiger partial charge on any atom is -0.460 e. The zero-order valence-corrected chi connectivity index (χ0v) is 16.8. The lowest BCUT2D eigenvalue weighted by atomic mass is 9.93. The molecule has 0 N–H and O–H groups in total. The number of likely N-dealkylation sites (N-methyl/N-ethyl adjacent to an activating group) is 1. The summed E-state index contributed by atoms with van der Waals surface area (Å²) < 4.78 is 5.69. The smallest absolute Gasteiger partial charge is 0.323 e. The molecule has 2 rings (SSSR count). The first kappa shape index (κ1) is 20.9. The minimum atomic E-state index is -0.121. The fraction of sp³-hybridized carbons (Fsp3) is 0.682. The molecule has 0 bridgehead atoms. The van der Waals surface area contributed by atoms with Gasteiger partial charge in [0.05, 0.1) is 0 Å². The molecule has 0 spiro atoms. The van der Waals surface area contributed by atoms with Crippen LogP contribution in [0.5, 0.6) is 0 Å². The first-order valence-corrected chi connectivity index (χ1v) is 10.1. The molecule has 1 aromatic rings. The highest BCUT2D eigenvalue weighted by atomic mass is 16.5. The molecule has 1 aliphatic rings. The number of carbonyl (C=O) groups is 1. The van der Waals surface area contributed by atoms with E-state index in [4.69, 9.17) is 4.74 Å². The zero-order valence-electron chi connectivity index (χ0n) is 16.8. The van der Waals surface area contributed by atoms with Crippen LogP contribution in [0.2, 0.25) is 0 Å². The lowest BCUT2D eigenvalue weighted by molar-refractivity contribution is -0.152. The average Bonchev–Trinajstić information content (AvgIpc) is 2.67. The summed E-state index contributed by atoms with van der Waals surface area (Å²) >= 11 is 0. The van der Waals surface area contributed by atoms with Gasteiger partial charge in [-0.05, 0) is 58.9 Å². The van der Waals surface area contributed by atoms with Gasteiger partial charge in [-0.15, -0.1) is 0 Å². The largest absolute Gasteiger partial charge is 0.460 e. The van der Waals surface area contributed by atoms with Crippen LogP contribution in [0.3, 0.4) is 0 Å². The quantitative estimate of drug-likeness (QED) is 0.465. The predicted octanol–water partition coefficient (Wildman–Crippen LogP) is 4.09. The third kappa shape index (κ3) is 7.08. The van der Waals surface area contributed by atoms with Crippen molar-refractivity contribution >= 4 is 5.97 Å². The third-order valence-corrected chi connectivity index (χ3v) is 5.47. The van der Waals surface area contributed by atoms with E-state index < -0.39 is 0 Å². The fourth-order valence-corrected chi connectivity index (χ4v) is 3.82. The molecule has 1 atom stereocenters. The summed E-state index contributed by atoms with van der Waals surface area (Å²) in [4.78, 5) is 17.4. The van der Waals surface area contributed by atoms with Crippen molar-refractivity contribution in [3.8, 4) is 0 Å². The third-order valence-electron chi connectivity index (χ3n) is 5.47. The normalized spacial score (nSPS) is 16.8. The Hall–Kier alpha value is -1.39. The van der Waals surface area contributed by atoms with E-state index in [9.17, 15) is 4.79 Å². The lowest BCUT2D eigenvalue weighted by Crippen LogP contribution is -2.46. The topological polar surface area (TPSA) is 32.8 Å². The van der Waals surface area contributed by atoms with Crippen molar-refractivity contribution in [1.82, 2.24) is 9.80 Å². The molecule has 146 valence electrons. The molecular formula is C22H36N2O2. The molecule has 1 fully saturated rings. The molecule has 0 aliphatic heterocycles. The van der Waals surface area contributed by atoms with E-state index in [1.165, 1.54) is 32.1 Å². The summed E-state index contributed by atoms with van der Waals surface area (Å²) in [6, 6.07) is 10.4. The van der Waals surface area contributed by atoms with Crippen molar-refractivity contribution in [3.05, 3.63) is 35.9 Å². The SMILES string of the molecule is CN(C)CCCC[C@H](C(=O)OCc1ccccc1)N(C)C1CCCCC1. The van der Waals surface area contributed by atoms with Crippen LogP contribution in [-0.2, 0) is 16.1 Å². The zero-order chi connectivity index (χ0) is 18.8. The number of esters is 1. The number of unbranched alkanes of at least 4 members (excludes halogenated alkanes) is 1. The van der Waals surface area contributed by atoms with Crippen molar-refractivity contribution in [1.29, 1.82) is 0 Å². The number of nitrogens with zero attached hydrogens (tertiary/aromatic N) is 2. The van der Waals surface area contributed by atoms with Crippen molar-refractivity contribution in [3.63, 3.8) is 0 Å². The van der Waals surface area contributed by atoms with E-state index >= 15 is 0 Å². The van der Waals surface area contributed by atoms with Crippen LogP contribution >= 0.6 is 0 Å². The van der Waals surface area contributed by atoms with Gasteiger partial charge in [-0.2, -0.15) is 0 Å². The molecule has 0 aromatic heterocycles. The maximum Gasteiger partial charge on any atom is 0.323 e. The average molecular weight is 361 g/mol. The highest BCUT2D eigenvalue weighted by molar-refractivity contribution is 5.75. The van der Waals surface area contributed by atoms with E-state index in [1.807, 2.05) is 30.3 Å². The Morgan fingerprint density at radius 2 is 1.77 bits per heavy atom. The first-order valence-electron chi connectivity index (χ1n) is 10.1. The van der Waals surface area contributed by atoms with Crippen LogP contribution in [0, 0.1) is 0 Å². The van der Waals surface area contributed by atoms with Crippen molar-refractivity contribution < 1.29 is 9.53 Å². The molecule has 4 nitrogen and oxygen atoms in total. The van der Waals surface area contributed by atoms with Crippen LogP contribution in [0.1, 0.15) is 56.9 Å². The highest BCUT2D eigenvalue weighted by Crippen LogP contribution is 2.25. The van der Waals surface area contributed by atoms with Crippen molar-refractivity contribution in [2.45, 2.75) is 70.1 Å². The van der Waals surface area contributed by atoms with E-state index in [0.29, 0.717) is 12.6 Å². The number of hydrogen-bond acceptors (Lipinski definition) is 4. The van der Waals surface area contributed by atoms with Gasteiger partial charge in [0.15, 0.2) is 0 Å². The van der Waals surface area contributed by atoms with E-state index in [0.717, 1.165) is 31.4 Å². The van der Waals surface area contributed by atoms with Gasteiger partial charge in [-0.25, -0.2) is 0 Å². The van der Waals surface area contributed by atoms with Gasteiger partial charge in [0.1, 0.15) is 12.6 Å². The molecule has 0 saturated heterocycles. The summed E-state index contributed by atoms with van der Waals surface area (Å²) in [5, 5.41) is 0. The molecule has 0 amide bonds. The lowest BCUT2D eigenvalue weighted by Gasteiger charge is -2.36. The number of benzene rings is 1. The summed E-state index contributed by atoms with van der Waals surface area (Å²) in [5.74, 6) is -0.0632. The molecule has 4 heteroatoms. The standard InChI is InChI=1S/C22H36N2O2/c1-23(2)17-11-10-16-21(24(3)20-14-8-5-9-15-20)22(25)26-18-19-12-6-4-7-13-19/h4,6-7,12-13,20-21H,5,8-11,14-18H2,1-3H3/t21-/m1/s1. The second-order valence-electron chi connectivity index (χ2n) is 7.87. The Balaban J connectivity index is 1.92. The maximum absolute atomic E-state index is 12.9. The summed E-state index contributed by atoms with van der Waals surface area (Å²) in [7, 11) is 6.32. The van der Waals surface area contributed by atoms with Gasteiger partial charge >= 0.3 is 5.97 Å². The molecule has 0 unspecified atom stereocenters. The maximum atomic E-state index is 12.9. The van der Waals surface area contributed by atoms with Gasteiger partial charge in [0, 0.05) is 6.04 Å². The molecule has 1 aliphatic carbocycles. The second kappa shape index (κ2) is 11.3. The molecule has 0 radical (unpaired) electrons.